The lowest BCUT2D eigenvalue weighted by Gasteiger charge is -2.22. The molecule has 3 aromatic carbocycles. The lowest BCUT2D eigenvalue weighted by Crippen LogP contribution is -2.35. The minimum absolute atomic E-state index is 0.178. The molecule has 0 aliphatic carbocycles. The van der Waals surface area contributed by atoms with Crippen molar-refractivity contribution < 1.29 is 37.4 Å². The van der Waals surface area contributed by atoms with E-state index in [9.17, 15) is 32.7 Å². The molecule has 41 heavy (non-hydrogen) atoms. The van der Waals surface area contributed by atoms with Crippen molar-refractivity contribution >= 4 is 33.7 Å². The van der Waals surface area contributed by atoms with Gasteiger partial charge in [0, 0.05) is 29.7 Å². The van der Waals surface area contributed by atoms with E-state index >= 15 is 0 Å². The molecule has 11 heteroatoms. The van der Waals surface area contributed by atoms with E-state index < -0.39 is 24.0 Å². The highest BCUT2D eigenvalue weighted by molar-refractivity contribution is 9.10. The third-order valence-electron chi connectivity index (χ3n) is 6.20. The second-order valence-electron chi connectivity index (χ2n) is 9.42. The van der Waals surface area contributed by atoms with Crippen molar-refractivity contribution in [3.63, 3.8) is 0 Å². The van der Waals surface area contributed by atoms with Crippen LogP contribution in [0.2, 0.25) is 0 Å². The third kappa shape index (κ3) is 10.2. The number of unbranched alkanes of at least 4 members (excludes halogenated alkanes) is 2. The number of aryl methyl sites for hydroxylation is 1. The number of aliphatic carboxylic acids is 1. The van der Waals surface area contributed by atoms with E-state index in [1.165, 1.54) is 30.5 Å². The Hall–Kier alpha value is -3.86. The molecule has 0 spiro atoms. The minimum Gasteiger partial charge on any atom is -0.474 e. The Morgan fingerprint density at radius 1 is 0.927 bits per heavy atom. The highest BCUT2D eigenvalue weighted by atomic mass is 79.9. The number of rotatable bonds is 12. The monoisotopic (exact) mass is 634 g/mol. The summed E-state index contributed by atoms with van der Waals surface area (Å²) in [6.07, 6.45) is -0.376. The first kappa shape index (κ1) is 31.7. The van der Waals surface area contributed by atoms with Gasteiger partial charge < -0.3 is 20.1 Å². The van der Waals surface area contributed by atoms with Gasteiger partial charge in [-0.1, -0.05) is 78.2 Å². The number of hydrogen-bond acceptors (Lipinski definition) is 4. The van der Waals surface area contributed by atoms with Gasteiger partial charge in [-0.25, -0.2) is 4.79 Å². The number of carboxylic acid groups (broad SMARTS) is 1. The molecule has 7 nitrogen and oxygen atoms in total. The second-order valence-corrected chi connectivity index (χ2v) is 10.3. The molecule has 0 heterocycles. The first-order chi connectivity index (χ1) is 19.4. The molecule has 3 aromatic rings. The number of carbonyl (C=O) groups is 3. The zero-order valence-corrected chi connectivity index (χ0v) is 23.9. The van der Waals surface area contributed by atoms with Crippen LogP contribution in [0.15, 0.2) is 71.2 Å². The fourth-order valence-electron chi connectivity index (χ4n) is 4.11. The normalized spacial score (nSPS) is 11.1. The lowest BCUT2D eigenvalue weighted by molar-refractivity contribution is -0.274. The summed E-state index contributed by atoms with van der Waals surface area (Å²) in [6, 6.07) is 17.7. The number of halogens is 4. The van der Waals surface area contributed by atoms with Gasteiger partial charge in [-0.15, -0.1) is 13.2 Å². The van der Waals surface area contributed by atoms with Gasteiger partial charge in [-0.05, 0) is 59.4 Å². The molecule has 0 aromatic heterocycles. The summed E-state index contributed by atoms with van der Waals surface area (Å²) in [4.78, 5) is 37.6. The number of ether oxygens (including phenoxy) is 1. The summed E-state index contributed by atoms with van der Waals surface area (Å²) >= 11 is 3.38. The Labute approximate surface area is 244 Å². The number of carboxylic acids is 1. The number of carbonyl (C=O) groups excluding carboxylic acids is 2. The van der Waals surface area contributed by atoms with Crippen molar-refractivity contribution in [1.29, 1.82) is 0 Å². The van der Waals surface area contributed by atoms with Gasteiger partial charge in [-0.2, -0.15) is 0 Å². The molecule has 0 saturated carbocycles. The standard InChI is InChI=1S/C30H30BrF3N2O5/c1-2-3-4-6-20-9-11-21(12-10-20)17-35-27(37)23-13-14-24(26(31)16-23)19-36(28(38)29(39)40)18-22-7-5-8-25(15-22)41-30(32,33)34/h5,7-16H,2-4,6,17-19H2,1H3,(H,35,37)(H,39,40). The van der Waals surface area contributed by atoms with Crippen LogP contribution in [0.3, 0.4) is 0 Å². The first-order valence-electron chi connectivity index (χ1n) is 13.0. The summed E-state index contributed by atoms with van der Waals surface area (Å²) < 4.78 is 42.1. The zero-order chi connectivity index (χ0) is 30.0. The number of hydrogen-bond donors (Lipinski definition) is 2. The number of nitrogens with zero attached hydrogens (tertiary/aromatic N) is 1. The maximum absolute atomic E-state index is 12.7. The molecule has 0 fully saturated rings. The molecule has 0 aliphatic heterocycles. The molecule has 0 radical (unpaired) electrons. The average Bonchev–Trinajstić information content (AvgIpc) is 2.92. The van der Waals surface area contributed by atoms with Crippen molar-refractivity contribution in [2.75, 3.05) is 0 Å². The smallest absolute Gasteiger partial charge is 0.474 e. The molecule has 0 unspecified atom stereocenters. The third-order valence-corrected chi connectivity index (χ3v) is 6.94. The van der Waals surface area contributed by atoms with Crippen LogP contribution in [0.4, 0.5) is 13.2 Å². The fraction of sp³-hybridized carbons (Fsp3) is 0.300. The van der Waals surface area contributed by atoms with Gasteiger partial charge in [-0.3, -0.25) is 9.59 Å². The Morgan fingerprint density at radius 2 is 1.63 bits per heavy atom. The van der Waals surface area contributed by atoms with Crippen LogP contribution in [0.5, 0.6) is 5.75 Å². The molecule has 3 rings (SSSR count). The van der Waals surface area contributed by atoms with E-state index in [0.717, 1.165) is 35.4 Å². The van der Waals surface area contributed by atoms with Crippen molar-refractivity contribution in [2.45, 2.75) is 58.6 Å². The summed E-state index contributed by atoms with van der Waals surface area (Å²) in [5.74, 6) is -3.76. The molecule has 2 amide bonds. The van der Waals surface area contributed by atoms with Crippen molar-refractivity contribution in [2.24, 2.45) is 0 Å². The van der Waals surface area contributed by atoms with Crippen LogP contribution in [0.25, 0.3) is 0 Å². The molecular weight excluding hydrogens is 605 g/mol. The van der Waals surface area contributed by atoms with E-state index in [4.69, 9.17) is 0 Å². The van der Waals surface area contributed by atoms with Gasteiger partial charge in [0.25, 0.3) is 5.91 Å². The Morgan fingerprint density at radius 3 is 2.27 bits per heavy atom. The number of nitrogens with one attached hydrogen (secondary N) is 1. The van der Waals surface area contributed by atoms with Gasteiger partial charge in [0.1, 0.15) is 5.75 Å². The molecule has 0 aliphatic rings. The lowest BCUT2D eigenvalue weighted by atomic mass is 10.1. The van der Waals surface area contributed by atoms with Crippen molar-refractivity contribution in [1.82, 2.24) is 10.2 Å². The van der Waals surface area contributed by atoms with Crippen molar-refractivity contribution in [3.8, 4) is 5.75 Å². The molecule has 0 atom stereocenters. The maximum atomic E-state index is 12.7. The van der Waals surface area contributed by atoms with Gasteiger partial charge in [0.2, 0.25) is 0 Å². The minimum atomic E-state index is -4.90. The molecule has 2 N–H and O–H groups in total. The topological polar surface area (TPSA) is 95.9 Å². The predicted molar refractivity (Wildman–Crippen MR) is 150 cm³/mol. The predicted octanol–water partition coefficient (Wildman–Crippen LogP) is 6.62. The van der Waals surface area contributed by atoms with Crippen LogP contribution < -0.4 is 10.1 Å². The fourth-order valence-corrected chi connectivity index (χ4v) is 4.61. The Bertz CT molecular complexity index is 1360. The maximum Gasteiger partial charge on any atom is 0.573 e. The number of benzene rings is 3. The van der Waals surface area contributed by atoms with Crippen molar-refractivity contribution in [3.05, 3.63) is 99.0 Å². The molecule has 0 saturated heterocycles. The van der Waals surface area contributed by atoms with Crippen LogP contribution in [0.1, 0.15) is 58.8 Å². The summed E-state index contributed by atoms with van der Waals surface area (Å²) in [5.41, 5.74) is 3.30. The van der Waals surface area contributed by atoms with Crippen LogP contribution in [-0.4, -0.2) is 34.2 Å². The van der Waals surface area contributed by atoms with E-state index in [1.54, 1.807) is 18.2 Å². The van der Waals surface area contributed by atoms with Crippen LogP contribution in [-0.2, 0) is 35.6 Å². The summed E-state index contributed by atoms with van der Waals surface area (Å²) in [7, 11) is 0. The van der Waals surface area contributed by atoms with E-state index in [1.807, 2.05) is 12.1 Å². The Kier molecular flexibility index (Phi) is 11.3. The van der Waals surface area contributed by atoms with Gasteiger partial charge in [0.05, 0.1) is 0 Å². The number of alkyl halides is 3. The molecule has 218 valence electrons. The zero-order valence-electron chi connectivity index (χ0n) is 22.3. The Balaban J connectivity index is 1.66. The average molecular weight is 635 g/mol. The molecule has 0 bridgehead atoms. The second kappa shape index (κ2) is 14.7. The quantitative estimate of drug-likeness (QED) is 0.172. The van der Waals surface area contributed by atoms with E-state index in [2.05, 4.69) is 45.0 Å². The SMILES string of the molecule is CCCCCc1ccc(CNC(=O)c2ccc(CN(Cc3cccc(OC(F)(F)F)c3)C(=O)C(=O)O)c(Br)c2)cc1. The summed E-state index contributed by atoms with van der Waals surface area (Å²) in [5, 5.41) is 12.2. The van der Waals surface area contributed by atoms with Gasteiger partial charge in [0.15, 0.2) is 0 Å². The van der Waals surface area contributed by atoms with E-state index in [0.29, 0.717) is 22.1 Å². The highest BCUT2D eigenvalue weighted by Crippen LogP contribution is 2.25. The van der Waals surface area contributed by atoms with E-state index in [-0.39, 0.29) is 24.6 Å². The number of amides is 2. The largest absolute Gasteiger partial charge is 0.573 e. The van der Waals surface area contributed by atoms with Crippen LogP contribution >= 0.6 is 15.9 Å². The van der Waals surface area contributed by atoms with Crippen LogP contribution in [0, 0.1) is 0 Å². The first-order valence-corrected chi connectivity index (χ1v) is 13.8. The molecular formula is C30H30BrF3N2O5. The summed E-state index contributed by atoms with van der Waals surface area (Å²) in [6.45, 7) is 2.04. The van der Waals surface area contributed by atoms with Gasteiger partial charge >= 0.3 is 18.2 Å². The highest BCUT2D eigenvalue weighted by Gasteiger charge is 2.31.